The summed E-state index contributed by atoms with van der Waals surface area (Å²) in [5, 5.41) is 0. The fourth-order valence-corrected chi connectivity index (χ4v) is 2.00. The van der Waals surface area contributed by atoms with Crippen molar-refractivity contribution in [3.63, 3.8) is 0 Å². The predicted octanol–water partition coefficient (Wildman–Crippen LogP) is 0.525. The Morgan fingerprint density at radius 2 is 1.94 bits per heavy atom. The maximum absolute atomic E-state index is 11.8. The molecule has 1 heterocycles. The smallest absolute Gasteiger partial charge is 0.309 e. The molecule has 1 atom stereocenters. The van der Waals surface area contributed by atoms with Crippen LogP contribution in [0, 0.1) is 5.92 Å². The molecule has 1 saturated heterocycles. The molecule has 1 amide bonds. The lowest BCUT2D eigenvalue weighted by atomic mass is 9.96. The molecule has 0 spiro atoms. The normalized spacial score (nSPS) is 18.9. The number of nitrogens with zero attached hydrogens (tertiary/aromatic N) is 1. The van der Waals surface area contributed by atoms with Crippen LogP contribution in [0.5, 0.6) is 0 Å². The summed E-state index contributed by atoms with van der Waals surface area (Å²) in [6.07, 6.45) is 2.01. The van der Waals surface area contributed by atoms with Gasteiger partial charge in [-0.3, -0.25) is 9.59 Å². The van der Waals surface area contributed by atoms with Gasteiger partial charge in [0.15, 0.2) is 0 Å². The zero-order chi connectivity index (χ0) is 12.8. The number of carbonyl (C=O) groups is 2. The first-order valence-electron chi connectivity index (χ1n) is 6.31. The molecule has 0 aromatic rings. The number of amides is 1. The van der Waals surface area contributed by atoms with Crippen LogP contribution >= 0.6 is 0 Å². The summed E-state index contributed by atoms with van der Waals surface area (Å²) in [5.41, 5.74) is 5.71. The van der Waals surface area contributed by atoms with Crippen molar-refractivity contribution in [3.05, 3.63) is 0 Å². The lowest BCUT2D eigenvalue weighted by Crippen LogP contribution is -2.47. The van der Waals surface area contributed by atoms with Gasteiger partial charge in [-0.05, 0) is 26.2 Å². The molecule has 5 heteroatoms. The average molecular weight is 242 g/mol. The third kappa shape index (κ3) is 3.70. The van der Waals surface area contributed by atoms with Crippen LogP contribution in [0.4, 0.5) is 0 Å². The Kier molecular flexibility index (Phi) is 5.41. The molecule has 1 rings (SSSR count). The van der Waals surface area contributed by atoms with Crippen molar-refractivity contribution in [3.8, 4) is 0 Å². The highest BCUT2D eigenvalue weighted by Gasteiger charge is 2.29. The van der Waals surface area contributed by atoms with Crippen LogP contribution in [-0.2, 0) is 14.3 Å². The minimum absolute atomic E-state index is 0.00481. The van der Waals surface area contributed by atoms with Crippen molar-refractivity contribution in [1.82, 2.24) is 4.90 Å². The van der Waals surface area contributed by atoms with Crippen LogP contribution in [-0.4, -0.2) is 42.5 Å². The Labute approximate surface area is 102 Å². The number of ether oxygens (including phenoxy) is 1. The van der Waals surface area contributed by atoms with Gasteiger partial charge >= 0.3 is 5.97 Å². The van der Waals surface area contributed by atoms with Gasteiger partial charge in [0, 0.05) is 13.1 Å². The van der Waals surface area contributed by atoms with E-state index in [1.165, 1.54) is 0 Å². The Morgan fingerprint density at radius 3 is 2.41 bits per heavy atom. The molecule has 0 aromatic heterocycles. The summed E-state index contributed by atoms with van der Waals surface area (Å²) in [6.45, 7) is 5.33. The first-order chi connectivity index (χ1) is 8.10. The molecule has 0 unspecified atom stereocenters. The molecule has 1 aliphatic rings. The minimum Gasteiger partial charge on any atom is -0.466 e. The number of nitrogens with two attached hydrogens (primary N) is 1. The molecule has 2 N–H and O–H groups in total. The fraction of sp³-hybridized carbons (Fsp3) is 0.833. The van der Waals surface area contributed by atoms with Gasteiger partial charge in [0.25, 0.3) is 0 Å². The number of likely N-dealkylation sites (tertiary alicyclic amines) is 1. The van der Waals surface area contributed by atoms with Crippen LogP contribution in [0.1, 0.15) is 33.1 Å². The zero-order valence-corrected chi connectivity index (χ0v) is 10.6. The van der Waals surface area contributed by atoms with E-state index in [1.807, 2.05) is 6.92 Å². The summed E-state index contributed by atoms with van der Waals surface area (Å²) in [7, 11) is 0. The molecular weight excluding hydrogens is 220 g/mol. The summed E-state index contributed by atoms with van der Waals surface area (Å²) in [5.74, 6) is -0.203. The van der Waals surface area contributed by atoms with Crippen LogP contribution in [0.3, 0.4) is 0 Å². The molecular formula is C12H22N2O3. The minimum atomic E-state index is -0.408. The van der Waals surface area contributed by atoms with Crippen LogP contribution in [0.25, 0.3) is 0 Å². The molecule has 5 nitrogen and oxygen atoms in total. The van der Waals surface area contributed by atoms with Gasteiger partial charge < -0.3 is 15.4 Å². The van der Waals surface area contributed by atoms with Crippen molar-refractivity contribution >= 4 is 11.9 Å². The molecule has 1 fully saturated rings. The monoisotopic (exact) mass is 242 g/mol. The number of hydrogen-bond donors (Lipinski definition) is 1. The number of hydrogen-bond acceptors (Lipinski definition) is 4. The molecule has 0 aromatic carbocycles. The van der Waals surface area contributed by atoms with E-state index in [-0.39, 0.29) is 17.8 Å². The van der Waals surface area contributed by atoms with Crippen molar-refractivity contribution in [1.29, 1.82) is 0 Å². The van der Waals surface area contributed by atoms with Crippen LogP contribution in [0.15, 0.2) is 0 Å². The van der Waals surface area contributed by atoms with E-state index in [4.69, 9.17) is 10.5 Å². The summed E-state index contributed by atoms with van der Waals surface area (Å²) >= 11 is 0. The van der Waals surface area contributed by atoms with Crippen LogP contribution < -0.4 is 5.73 Å². The highest BCUT2D eigenvalue weighted by Crippen LogP contribution is 2.19. The lowest BCUT2D eigenvalue weighted by molar-refractivity contribution is -0.151. The van der Waals surface area contributed by atoms with Gasteiger partial charge in [0.1, 0.15) is 0 Å². The van der Waals surface area contributed by atoms with E-state index in [0.717, 1.165) is 0 Å². The molecule has 17 heavy (non-hydrogen) atoms. The lowest BCUT2D eigenvalue weighted by Gasteiger charge is -2.32. The highest BCUT2D eigenvalue weighted by molar-refractivity contribution is 5.82. The summed E-state index contributed by atoms with van der Waals surface area (Å²) in [4.78, 5) is 25.1. The number of rotatable bonds is 4. The van der Waals surface area contributed by atoms with E-state index in [2.05, 4.69) is 0 Å². The van der Waals surface area contributed by atoms with Crippen molar-refractivity contribution in [2.24, 2.45) is 11.7 Å². The second kappa shape index (κ2) is 6.59. The first kappa shape index (κ1) is 14.0. The number of carbonyl (C=O) groups excluding carboxylic acids is 2. The third-order valence-electron chi connectivity index (χ3n) is 3.18. The quantitative estimate of drug-likeness (QED) is 0.730. The maximum Gasteiger partial charge on any atom is 0.309 e. The highest BCUT2D eigenvalue weighted by atomic mass is 16.5. The average Bonchev–Trinajstić information content (AvgIpc) is 2.37. The van der Waals surface area contributed by atoms with Crippen molar-refractivity contribution in [2.45, 2.75) is 39.2 Å². The summed E-state index contributed by atoms with van der Waals surface area (Å²) < 4.78 is 4.98. The van der Waals surface area contributed by atoms with Gasteiger partial charge in [0.2, 0.25) is 5.91 Å². The Bertz CT molecular complexity index is 273. The molecule has 98 valence electrons. The SMILES string of the molecule is CCOC(=O)C1CCN(C(=O)[C@H](N)CC)CC1. The summed E-state index contributed by atoms with van der Waals surface area (Å²) in [6, 6.07) is -0.408. The van der Waals surface area contributed by atoms with E-state index < -0.39 is 6.04 Å². The van der Waals surface area contributed by atoms with E-state index in [1.54, 1.807) is 11.8 Å². The van der Waals surface area contributed by atoms with E-state index >= 15 is 0 Å². The van der Waals surface area contributed by atoms with Crippen LogP contribution in [0.2, 0.25) is 0 Å². The Balaban J connectivity index is 2.40. The molecule has 0 radical (unpaired) electrons. The van der Waals surface area contributed by atoms with Gasteiger partial charge in [0.05, 0.1) is 18.6 Å². The second-order valence-corrected chi connectivity index (χ2v) is 4.37. The Hall–Kier alpha value is -1.10. The molecule has 0 aliphatic carbocycles. The maximum atomic E-state index is 11.8. The van der Waals surface area contributed by atoms with Gasteiger partial charge in [-0.1, -0.05) is 6.92 Å². The van der Waals surface area contributed by atoms with Gasteiger partial charge in [-0.25, -0.2) is 0 Å². The third-order valence-corrected chi connectivity index (χ3v) is 3.18. The van der Waals surface area contributed by atoms with E-state index in [0.29, 0.717) is 39.0 Å². The molecule has 1 aliphatic heterocycles. The molecule has 0 bridgehead atoms. The largest absolute Gasteiger partial charge is 0.466 e. The van der Waals surface area contributed by atoms with E-state index in [9.17, 15) is 9.59 Å². The van der Waals surface area contributed by atoms with Crippen molar-refractivity contribution in [2.75, 3.05) is 19.7 Å². The van der Waals surface area contributed by atoms with Gasteiger partial charge in [-0.15, -0.1) is 0 Å². The zero-order valence-electron chi connectivity index (χ0n) is 10.6. The van der Waals surface area contributed by atoms with Gasteiger partial charge in [-0.2, -0.15) is 0 Å². The Morgan fingerprint density at radius 1 is 1.35 bits per heavy atom. The number of esters is 1. The predicted molar refractivity (Wildman–Crippen MR) is 64.2 cm³/mol. The first-order valence-corrected chi connectivity index (χ1v) is 6.31. The fourth-order valence-electron chi connectivity index (χ4n) is 2.00. The second-order valence-electron chi connectivity index (χ2n) is 4.37. The number of piperidine rings is 1. The van der Waals surface area contributed by atoms with Crippen molar-refractivity contribution < 1.29 is 14.3 Å². The standard InChI is InChI=1S/C12H22N2O3/c1-3-10(13)11(15)14-7-5-9(6-8-14)12(16)17-4-2/h9-10H,3-8,13H2,1-2H3/t10-/m1/s1. The topological polar surface area (TPSA) is 72.6 Å². The molecule has 0 saturated carbocycles.